The van der Waals surface area contributed by atoms with E-state index in [0.717, 1.165) is 40.2 Å². The van der Waals surface area contributed by atoms with Crippen molar-refractivity contribution in [3.63, 3.8) is 0 Å². The molecule has 3 aromatic carbocycles. The summed E-state index contributed by atoms with van der Waals surface area (Å²) >= 11 is 0. The highest BCUT2D eigenvalue weighted by molar-refractivity contribution is 5.72. The van der Waals surface area contributed by atoms with Gasteiger partial charge in [0.25, 0.3) is 0 Å². The summed E-state index contributed by atoms with van der Waals surface area (Å²) in [5.41, 5.74) is 3.95. The van der Waals surface area contributed by atoms with Crippen LogP contribution in [0.1, 0.15) is 12.0 Å². The molecule has 4 rings (SSSR count). The van der Waals surface area contributed by atoms with E-state index >= 15 is 0 Å². The molecule has 4 aromatic rings. The molecule has 0 unspecified atom stereocenters. The Balaban J connectivity index is 1.18. The predicted molar refractivity (Wildman–Crippen MR) is 129 cm³/mol. The molecule has 9 nitrogen and oxygen atoms in total. The second-order valence-corrected chi connectivity index (χ2v) is 7.80. The Morgan fingerprint density at radius 3 is 1.91 bits per heavy atom. The Labute approximate surface area is 202 Å². The fourth-order valence-corrected chi connectivity index (χ4v) is 3.49. The van der Waals surface area contributed by atoms with Gasteiger partial charge in [-0.05, 0) is 46.2 Å². The van der Waals surface area contributed by atoms with Crippen molar-refractivity contribution >= 4 is 5.97 Å². The van der Waals surface area contributed by atoms with Gasteiger partial charge >= 0.3 is 5.97 Å². The Morgan fingerprint density at radius 1 is 0.857 bits per heavy atom. The molecule has 0 saturated carbocycles. The third-order valence-electron chi connectivity index (χ3n) is 5.41. The number of carboxylic acids is 1. The van der Waals surface area contributed by atoms with Crippen LogP contribution in [-0.4, -0.2) is 58.1 Å². The van der Waals surface area contributed by atoms with Crippen LogP contribution in [0.3, 0.4) is 0 Å². The Morgan fingerprint density at radius 2 is 1.40 bits per heavy atom. The number of carbonyl (C=O) groups is 1. The van der Waals surface area contributed by atoms with Crippen LogP contribution in [0.15, 0.2) is 72.8 Å². The van der Waals surface area contributed by atoms with Gasteiger partial charge < -0.3 is 19.3 Å². The second kappa shape index (κ2) is 11.8. The number of benzene rings is 3. The van der Waals surface area contributed by atoms with Gasteiger partial charge in [0.05, 0.1) is 13.2 Å². The molecule has 0 bridgehead atoms. The van der Waals surface area contributed by atoms with E-state index in [0.29, 0.717) is 25.5 Å². The molecule has 1 aromatic heterocycles. The van der Waals surface area contributed by atoms with Crippen molar-refractivity contribution in [1.82, 2.24) is 20.6 Å². The maximum atomic E-state index is 11.1. The number of methoxy groups -OCH3 is 1. The molecule has 0 aliphatic rings. The molecule has 180 valence electrons. The van der Waals surface area contributed by atoms with Crippen LogP contribution in [-0.2, 0) is 16.0 Å². The van der Waals surface area contributed by atoms with Crippen molar-refractivity contribution in [2.24, 2.45) is 0 Å². The molecule has 0 amide bonds. The first kappa shape index (κ1) is 23.9. The van der Waals surface area contributed by atoms with Gasteiger partial charge in [-0.2, -0.15) is 5.21 Å². The minimum absolute atomic E-state index is 0.310. The number of hydrogen-bond donors (Lipinski definition) is 2. The van der Waals surface area contributed by atoms with E-state index in [1.165, 1.54) is 7.11 Å². The lowest BCUT2D eigenvalue weighted by Crippen LogP contribution is -2.24. The summed E-state index contributed by atoms with van der Waals surface area (Å²) in [5, 5.41) is 23.1. The van der Waals surface area contributed by atoms with Crippen LogP contribution in [0.5, 0.6) is 11.5 Å². The van der Waals surface area contributed by atoms with Gasteiger partial charge in [-0.25, -0.2) is 4.79 Å². The largest absolute Gasteiger partial charge is 0.493 e. The number of ether oxygens (including phenoxy) is 3. The fourth-order valence-electron chi connectivity index (χ4n) is 3.49. The van der Waals surface area contributed by atoms with Crippen molar-refractivity contribution in [2.45, 2.75) is 18.9 Å². The number of nitrogens with one attached hydrogen (secondary N) is 1. The third-order valence-corrected chi connectivity index (χ3v) is 5.41. The highest BCUT2D eigenvalue weighted by atomic mass is 16.5. The van der Waals surface area contributed by atoms with E-state index in [2.05, 4.69) is 20.6 Å². The Hall–Kier alpha value is -4.24. The summed E-state index contributed by atoms with van der Waals surface area (Å²) < 4.78 is 16.5. The number of aliphatic carboxylic acids is 1. The van der Waals surface area contributed by atoms with Crippen molar-refractivity contribution in [3.8, 4) is 34.0 Å². The molecule has 0 radical (unpaired) electrons. The first-order chi connectivity index (χ1) is 17.1. The van der Waals surface area contributed by atoms with Gasteiger partial charge in [0, 0.05) is 25.5 Å². The van der Waals surface area contributed by atoms with Crippen molar-refractivity contribution in [2.75, 3.05) is 20.3 Å². The molecule has 0 aliphatic heterocycles. The number of H-pyrrole nitrogens is 1. The molecule has 0 aliphatic carbocycles. The van der Waals surface area contributed by atoms with E-state index in [1.807, 2.05) is 72.8 Å². The Kier molecular flexibility index (Phi) is 8.03. The first-order valence-electron chi connectivity index (χ1n) is 11.2. The molecule has 0 fully saturated rings. The number of aromatic nitrogens is 4. The minimum atomic E-state index is -0.974. The van der Waals surface area contributed by atoms with Crippen LogP contribution in [0.4, 0.5) is 0 Å². The first-order valence-corrected chi connectivity index (χ1v) is 11.2. The summed E-state index contributed by atoms with van der Waals surface area (Å²) in [7, 11) is 1.39. The molecular weight excluding hydrogens is 448 g/mol. The average Bonchev–Trinajstić information content (AvgIpc) is 3.43. The van der Waals surface area contributed by atoms with Crippen LogP contribution >= 0.6 is 0 Å². The summed E-state index contributed by atoms with van der Waals surface area (Å²) in [6.45, 7) is 1.05. The molecule has 9 heteroatoms. The SMILES string of the molecule is CO[C@@H](Cc1ccc(OCCCOc2ccc(-c3ccc(-c4nn[nH]n4)cc3)cc2)cc1)C(=O)O. The smallest absolute Gasteiger partial charge is 0.333 e. The molecule has 1 heterocycles. The highest BCUT2D eigenvalue weighted by Crippen LogP contribution is 2.25. The second-order valence-electron chi connectivity index (χ2n) is 7.80. The normalized spacial score (nSPS) is 11.7. The number of nitrogens with zero attached hydrogens (tertiary/aromatic N) is 3. The molecule has 2 N–H and O–H groups in total. The van der Waals surface area contributed by atoms with Crippen LogP contribution in [0.25, 0.3) is 22.5 Å². The van der Waals surface area contributed by atoms with Crippen molar-refractivity contribution in [1.29, 1.82) is 0 Å². The zero-order valence-corrected chi connectivity index (χ0v) is 19.3. The zero-order valence-electron chi connectivity index (χ0n) is 19.3. The lowest BCUT2D eigenvalue weighted by molar-refractivity contribution is -0.148. The van der Waals surface area contributed by atoms with E-state index in [9.17, 15) is 4.79 Å². The zero-order chi connectivity index (χ0) is 24.5. The van der Waals surface area contributed by atoms with Gasteiger partial charge in [-0.15, -0.1) is 10.2 Å². The quantitative estimate of drug-likeness (QED) is 0.296. The van der Waals surface area contributed by atoms with Crippen molar-refractivity contribution in [3.05, 3.63) is 78.4 Å². The summed E-state index contributed by atoms with van der Waals surface area (Å²) in [5.74, 6) is 1.12. The van der Waals surface area contributed by atoms with E-state index < -0.39 is 12.1 Å². The van der Waals surface area contributed by atoms with Gasteiger partial charge in [0.15, 0.2) is 6.10 Å². The molecule has 35 heavy (non-hydrogen) atoms. The maximum absolute atomic E-state index is 11.1. The number of aromatic amines is 1. The summed E-state index contributed by atoms with van der Waals surface area (Å²) in [6.07, 6.45) is 0.187. The van der Waals surface area contributed by atoms with Gasteiger partial charge in [0.2, 0.25) is 5.82 Å². The van der Waals surface area contributed by atoms with Crippen LogP contribution in [0.2, 0.25) is 0 Å². The number of carboxylic acid groups (broad SMARTS) is 1. The van der Waals surface area contributed by atoms with Gasteiger partial charge in [-0.3, -0.25) is 0 Å². The average molecular weight is 475 g/mol. The molecule has 0 spiro atoms. The summed E-state index contributed by atoms with van der Waals surface area (Å²) in [4.78, 5) is 11.1. The lowest BCUT2D eigenvalue weighted by Gasteiger charge is -2.11. The van der Waals surface area contributed by atoms with Crippen molar-refractivity contribution < 1.29 is 24.1 Å². The van der Waals surface area contributed by atoms with E-state index in [1.54, 1.807) is 0 Å². The lowest BCUT2D eigenvalue weighted by atomic mass is 10.0. The third kappa shape index (κ3) is 6.64. The molecule has 1 atom stereocenters. The number of rotatable bonds is 12. The topological polar surface area (TPSA) is 119 Å². The van der Waals surface area contributed by atoms with Gasteiger partial charge in [-0.1, -0.05) is 48.5 Å². The number of tetrazole rings is 1. The van der Waals surface area contributed by atoms with Gasteiger partial charge in [0.1, 0.15) is 11.5 Å². The summed E-state index contributed by atoms with van der Waals surface area (Å²) in [6, 6.07) is 23.3. The molecule has 0 saturated heterocycles. The van der Waals surface area contributed by atoms with E-state index in [-0.39, 0.29) is 0 Å². The fraction of sp³-hybridized carbons (Fsp3) is 0.231. The molecular formula is C26H26N4O5. The predicted octanol–water partition coefficient (Wildman–Crippen LogP) is 4.02. The standard InChI is InChI=1S/C26H26N4O5/c1-33-24(26(31)32)17-18-3-11-22(12-4-18)34-15-2-16-35-23-13-9-20(10-14-23)19-5-7-21(8-6-19)25-27-29-30-28-25/h3-14,24H,2,15-17H2,1H3,(H,31,32)(H,27,28,29,30)/t24-/m0/s1. The maximum Gasteiger partial charge on any atom is 0.333 e. The Bertz CT molecular complexity index is 1190. The monoisotopic (exact) mass is 474 g/mol. The van der Waals surface area contributed by atoms with Crippen LogP contribution < -0.4 is 9.47 Å². The van der Waals surface area contributed by atoms with E-state index in [4.69, 9.17) is 19.3 Å². The van der Waals surface area contributed by atoms with Crippen LogP contribution in [0, 0.1) is 0 Å². The minimum Gasteiger partial charge on any atom is -0.493 e. The highest BCUT2D eigenvalue weighted by Gasteiger charge is 2.16. The number of hydrogen-bond acceptors (Lipinski definition) is 7.